The van der Waals surface area contributed by atoms with Gasteiger partial charge in [0.25, 0.3) is 0 Å². The van der Waals surface area contributed by atoms with E-state index in [9.17, 15) is 4.79 Å². The number of carbonyl (C=O) groups is 1. The number of rotatable bonds is 4. The second kappa shape index (κ2) is 5.90. The summed E-state index contributed by atoms with van der Waals surface area (Å²) in [7, 11) is 1.63. The van der Waals surface area contributed by atoms with E-state index < -0.39 is 5.92 Å². The number of benzene rings is 1. The van der Waals surface area contributed by atoms with Gasteiger partial charge in [-0.15, -0.1) is 0 Å². The van der Waals surface area contributed by atoms with E-state index in [0.717, 1.165) is 6.42 Å². The van der Waals surface area contributed by atoms with Gasteiger partial charge in [-0.3, -0.25) is 4.79 Å². The summed E-state index contributed by atoms with van der Waals surface area (Å²) in [6.07, 6.45) is 1.37. The second-order valence-electron chi connectivity index (χ2n) is 3.88. The van der Waals surface area contributed by atoms with E-state index in [0.29, 0.717) is 12.1 Å². The van der Waals surface area contributed by atoms with Crippen molar-refractivity contribution in [2.24, 2.45) is 5.92 Å². The molecule has 0 spiro atoms. The molecule has 0 aliphatic carbocycles. The fourth-order valence-electron chi connectivity index (χ4n) is 1.57. The number of phenols is 1. The number of hydrogen-bond donors (Lipinski definition) is 1. The van der Waals surface area contributed by atoms with Gasteiger partial charge < -0.3 is 10.0 Å². The van der Waals surface area contributed by atoms with Crippen LogP contribution in [0.3, 0.4) is 0 Å². The van der Waals surface area contributed by atoms with Gasteiger partial charge in [0.15, 0.2) is 0 Å². The van der Waals surface area contributed by atoms with Gasteiger partial charge in [0.2, 0.25) is 5.91 Å². The van der Waals surface area contributed by atoms with Gasteiger partial charge in [-0.1, -0.05) is 13.3 Å². The van der Waals surface area contributed by atoms with Crippen molar-refractivity contribution in [1.29, 1.82) is 5.26 Å². The normalized spacial score (nSPS) is 11.6. The Morgan fingerprint density at radius 1 is 1.47 bits per heavy atom. The molecule has 4 nitrogen and oxygen atoms in total. The first-order valence-electron chi connectivity index (χ1n) is 5.56. The number of carbonyl (C=O) groups excluding carboxylic acids is 1. The summed E-state index contributed by atoms with van der Waals surface area (Å²) in [4.78, 5) is 13.4. The van der Waals surface area contributed by atoms with Crippen molar-refractivity contribution in [3.05, 3.63) is 24.3 Å². The van der Waals surface area contributed by atoms with Crippen LogP contribution in [0, 0.1) is 17.2 Å². The third kappa shape index (κ3) is 3.22. The van der Waals surface area contributed by atoms with Crippen LogP contribution in [-0.4, -0.2) is 18.1 Å². The molecule has 1 unspecified atom stereocenters. The van der Waals surface area contributed by atoms with Crippen molar-refractivity contribution >= 4 is 11.6 Å². The minimum atomic E-state index is -0.598. The molecule has 1 amide bonds. The molecular weight excluding hydrogens is 216 g/mol. The fourth-order valence-corrected chi connectivity index (χ4v) is 1.57. The van der Waals surface area contributed by atoms with Gasteiger partial charge in [0.1, 0.15) is 11.7 Å². The third-order valence-electron chi connectivity index (χ3n) is 2.60. The largest absolute Gasteiger partial charge is 0.508 e. The molecule has 1 rings (SSSR count). The summed E-state index contributed by atoms with van der Waals surface area (Å²) in [6.45, 7) is 1.94. The molecule has 0 radical (unpaired) electrons. The maximum Gasteiger partial charge on any atom is 0.244 e. The van der Waals surface area contributed by atoms with Crippen LogP contribution in [0.15, 0.2) is 24.3 Å². The standard InChI is InChI=1S/C13H16N2O2/c1-3-4-10(9-14)13(17)15(2)11-5-7-12(16)8-6-11/h5-8,10,16H,3-4H2,1-2H3. The van der Waals surface area contributed by atoms with Crippen LogP contribution in [0.2, 0.25) is 0 Å². The lowest BCUT2D eigenvalue weighted by atomic mass is 10.0. The second-order valence-corrected chi connectivity index (χ2v) is 3.88. The van der Waals surface area contributed by atoms with Crippen molar-refractivity contribution in [2.75, 3.05) is 11.9 Å². The van der Waals surface area contributed by atoms with Gasteiger partial charge in [-0.2, -0.15) is 5.26 Å². The molecule has 4 heteroatoms. The van der Waals surface area contributed by atoms with Gasteiger partial charge in [0.05, 0.1) is 6.07 Å². The lowest BCUT2D eigenvalue weighted by Crippen LogP contribution is -2.32. The Bertz CT molecular complexity index is 420. The van der Waals surface area contributed by atoms with E-state index in [2.05, 4.69) is 0 Å². The highest BCUT2D eigenvalue weighted by molar-refractivity contribution is 5.96. The molecule has 0 saturated carbocycles. The number of nitriles is 1. The van der Waals surface area contributed by atoms with E-state index in [1.165, 1.54) is 17.0 Å². The van der Waals surface area contributed by atoms with Crippen molar-refractivity contribution in [2.45, 2.75) is 19.8 Å². The quantitative estimate of drug-likeness (QED) is 0.866. The number of aromatic hydroxyl groups is 1. The zero-order chi connectivity index (χ0) is 12.8. The Hall–Kier alpha value is -2.02. The van der Waals surface area contributed by atoms with E-state index in [1.54, 1.807) is 19.2 Å². The van der Waals surface area contributed by atoms with Crippen molar-refractivity contribution < 1.29 is 9.90 Å². The molecule has 1 aromatic carbocycles. The lowest BCUT2D eigenvalue weighted by Gasteiger charge is -2.19. The Labute approximate surface area is 101 Å². The number of amides is 1. The maximum atomic E-state index is 12.0. The highest BCUT2D eigenvalue weighted by Gasteiger charge is 2.21. The van der Waals surface area contributed by atoms with Crippen LogP contribution in [0.4, 0.5) is 5.69 Å². The summed E-state index contributed by atoms with van der Waals surface area (Å²) >= 11 is 0. The summed E-state index contributed by atoms with van der Waals surface area (Å²) in [6, 6.07) is 8.35. The first kappa shape index (κ1) is 13.0. The molecule has 0 aromatic heterocycles. The third-order valence-corrected chi connectivity index (χ3v) is 2.60. The molecule has 0 saturated heterocycles. The van der Waals surface area contributed by atoms with E-state index in [-0.39, 0.29) is 11.7 Å². The predicted molar refractivity (Wildman–Crippen MR) is 65.5 cm³/mol. The van der Waals surface area contributed by atoms with Crippen LogP contribution in [0.1, 0.15) is 19.8 Å². The molecule has 17 heavy (non-hydrogen) atoms. The highest BCUT2D eigenvalue weighted by Crippen LogP contribution is 2.20. The topological polar surface area (TPSA) is 64.3 Å². The van der Waals surface area contributed by atoms with Gasteiger partial charge in [-0.25, -0.2) is 0 Å². The highest BCUT2D eigenvalue weighted by atomic mass is 16.3. The number of phenolic OH excluding ortho intramolecular Hbond substituents is 1. The summed E-state index contributed by atoms with van der Waals surface area (Å²) in [5.74, 6) is -0.654. The first-order chi connectivity index (χ1) is 8.10. The molecule has 0 heterocycles. The fraction of sp³-hybridized carbons (Fsp3) is 0.385. The van der Waals surface area contributed by atoms with Crippen LogP contribution in [-0.2, 0) is 4.79 Å². The summed E-state index contributed by atoms with van der Waals surface area (Å²) < 4.78 is 0. The molecule has 0 aliphatic heterocycles. The van der Waals surface area contributed by atoms with Crippen LogP contribution in [0.5, 0.6) is 5.75 Å². The van der Waals surface area contributed by atoms with Crippen molar-refractivity contribution in [3.63, 3.8) is 0 Å². The first-order valence-corrected chi connectivity index (χ1v) is 5.56. The molecule has 1 aromatic rings. The van der Waals surface area contributed by atoms with E-state index in [4.69, 9.17) is 10.4 Å². The zero-order valence-corrected chi connectivity index (χ0v) is 10.1. The van der Waals surface area contributed by atoms with Crippen LogP contribution >= 0.6 is 0 Å². The SMILES string of the molecule is CCCC(C#N)C(=O)N(C)c1ccc(O)cc1. The van der Waals surface area contributed by atoms with Crippen molar-refractivity contribution in [1.82, 2.24) is 0 Å². The summed E-state index contributed by atoms with van der Waals surface area (Å²) in [5.41, 5.74) is 0.671. The van der Waals surface area contributed by atoms with Crippen molar-refractivity contribution in [3.8, 4) is 11.8 Å². The average molecular weight is 232 g/mol. The Kier molecular flexibility index (Phi) is 4.53. The monoisotopic (exact) mass is 232 g/mol. The van der Waals surface area contributed by atoms with Crippen LogP contribution < -0.4 is 4.90 Å². The molecular formula is C13H16N2O2. The number of nitrogens with zero attached hydrogens (tertiary/aromatic N) is 2. The number of anilines is 1. The molecule has 0 fully saturated rings. The zero-order valence-electron chi connectivity index (χ0n) is 10.1. The van der Waals surface area contributed by atoms with Gasteiger partial charge >= 0.3 is 0 Å². The Morgan fingerprint density at radius 3 is 2.53 bits per heavy atom. The van der Waals surface area contributed by atoms with E-state index >= 15 is 0 Å². The smallest absolute Gasteiger partial charge is 0.244 e. The van der Waals surface area contributed by atoms with Crippen LogP contribution in [0.25, 0.3) is 0 Å². The number of hydrogen-bond acceptors (Lipinski definition) is 3. The molecule has 1 N–H and O–H groups in total. The minimum absolute atomic E-state index is 0.153. The maximum absolute atomic E-state index is 12.0. The molecule has 90 valence electrons. The Morgan fingerprint density at radius 2 is 2.06 bits per heavy atom. The van der Waals surface area contributed by atoms with E-state index in [1.807, 2.05) is 13.0 Å². The molecule has 0 bridgehead atoms. The van der Waals surface area contributed by atoms with Gasteiger partial charge in [0, 0.05) is 12.7 Å². The predicted octanol–water partition coefficient (Wildman–Crippen LogP) is 2.29. The summed E-state index contributed by atoms with van der Waals surface area (Å²) in [5, 5.41) is 18.1. The molecule has 0 aliphatic rings. The van der Waals surface area contributed by atoms with Gasteiger partial charge in [-0.05, 0) is 30.7 Å². The lowest BCUT2D eigenvalue weighted by molar-refractivity contribution is -0.120. The molecule has 1 atom stereocenters. The average Bonchev–Trinajstić information content (AvgIpc) is 2.35. The minimum Gasteiger partial charge on any atom is -0.508 e. The Balaban J connectivity index is 2.82.